The van der Waals surface area contributed by atoms with Crippen molar-refractivity contribution in [3.63, 3.8) is 0 Å². The van der Waals surface area contributed by atoms with Gasteiger partial charge in [-0.15, -0.1) is 0 Å². The first kappa shape index (κ1) is 14.1. The summed E-state index contributed by atoms with van der Waals surface area (Å²) in [5.74, 6) is 0.0508. The van der Waals surface area contributed by atoms with E-state index in [4.69, 9.17) is 0 Å². The van der Waals surface area contributed by atoms with Gasteiger partial charge in [0.1, 0.15) is 0 Å². The lowest BCUT2D eigenvalue weighted by atomic mass is 10.1. The Kier molecular flexibility index (Phi) is 6.41. The summed E-state index contributed by atoms with van der Waals surface area (Å²) < 4.78 is 0. The van der Waals surface area contributed by atoms with Crippen molar-refractivity contribution in [2.24, 2.45) is 0 Å². The van der Waals surface area contributed by atoms with Gasteiger partial charge in [0.25, 0.3) is 0 Å². The van der Waals surface area contributed by atoms with Gasteiger partial charge in [-0.1, -0.05) is 55.8 Å². The van der Waals surface area contributed by atoms with Gasteiger partial charge in [0, 0.05) is 12.0 Å². The molecule has 0 radical (unpaired) electrons. The van der Waals surface area contributed by atoms with E-state index in [1.54, 1.807) is 24.3 Å². The molecule has 0 aliphatic heterocycles. The molecule has 0 amide bonds. The van der Waals surface area contributed by atoms with Gasteiger partial charge >= 0.3 is 0 Å². The SMILES string of the molecule is CCCCC(=O)/C=C/C=C/C(=O)c1ccccc1. The van der Waals surface area contributed by atoms with Crippen LogP contribution in [0.15, 0.2) is 54.6 Å². The van der Waals surface area contributed by atoms with E-state index in [0.717, 1.165) is 12.8 Å². The molecule has 94 valence electrons. The van der Waals surface area contributed by atoms with E-state index >= 15 is 0 Å². The molecule has 0 heterocycles. The minimum atomic E-state index is -0.0544. The normalized spacial score (nSPS) is 11.2. The summed E-state index contributed by atoms with van der Waals surface area (Å²) in [5, 5.41) is 0. The van der Waals surface area contributed by atoms with Crippen LogP contribution in [-0.4, -0.2) is 11.6 Å². The molecule has 1 aromatic rings. The highest BCUT2D eigenvalue weighted by atomic mass is 16.1. The van der Waals surface area contributed by atoms with Crippen LogP contribution in [0.1, 0.15) is 36.5 Å². The third kappa shape index (κ3) is 5.39. The summed E-state index contributed by atoms with van der Waals surface area (Å²) in [7, 11) is 0. The van der Waals surface area contributed by atoms with Crippen molar-refractivity contribution in [2.45, 2.75) is 26.2 Å². The Bertz CT molecular complexity index is 441. The number of unbranched alkanes of at least 4 members (excludes halogenated alkanes) is 1. The quantitative estimate of drug-likeness (QED) is 0.414. The molecule has 0 N–H and O–H groups in total. The zero-order chi connectivity index (χ0) is 13.2. The smallest absolute Gasteiger partial charge is 0.185 e. The molecule has 0 fully saturated rings. The van der Waals surface area contributed by atoms with Crippen LogP contribution in [0.25, 0.3) is 0 Å². The number of benzene rings is 1. The molecule has 2 nitrogen and oxygen atoms in total. The Morgan fingerprint density at radius 2 is 1.72 bits per heavy atom. The van der Waals surface area contributed by atoms with Crippen molar-refractivity contribution in [2.75, 3.05) is 0 Å². The van der Waals surface area contributed by atoms with Gasteiger partial charge in [0.05, 0.1) is 0 Å². The van der Waals surface area contributed by atoms with Gasteiger partial charge in [-0.25, -0.2) is 0 Å². The number of hydrogen-bond donors (Lipinski definition) is 0. The number of carbonyl (C=O) groups is 2. The molecule has 0 atom stereocenters. The number of rotatable bonds is 7. The second-order valence-electron chi connectivity index (χ2n) is 4.02. The maximum Gasteiger partial charge on any atom is 0.185 e. The van der Waals surface area contributed by atoms with Crippen molar-refractivity contribution in [3.05, 3.63) is 60.2 Å². The maximum absolute atomic E-state index is 11.7. The molecular formula is C16H18O2. The second-order valence-corrected chi connectivity index (χ2v) is 4.02. The first-order valence-electron chi connectivity index (χ1n) is 6.21. The summed E-state index contributed by atoms with van der Waals surface area (Å²) >= 11 is 0. The predicted molar refractivity (Wildman–Crippen MR) is 73.6 cm³/mol. The molecule has 1 aromatic carbocycles. The fourth-order valence-corrected chi connectivity index (χ4v) is 1.44. The number of ketones is 2. The lowest BCUT2D eigenvalue weighted by molar-refractivity contribution is -0.114. The van der Waals surface area contributed by atoms with Crippen LogP contribution in [0.5, 0.6) is 0 Å². The van der Waals surface area contributed by atoms with E-state index in [-0.39, 0.29) is 11.6 Å². The van der Waals surface area contributed by atoms with Gasteiger partial charge in [0.2, 0.25) is 0 Å². The summed E-state index contributed by atoms with van der Waals surface area (Å²) in [6.07, 6.45) is 8.73. The van der Waals surface area contributed by atoms with Gasteiger partial charge in [0.15, 0.2) is 11.6 Å². The molecule has 0 saturated heterocycles. The third-order valence-corrected chi connectivity index (χ3v) is 2.48. The molecule has 0 spiro atoms. The average molecular weight is 242 g/mol. The lowest BCUT2D eigenvalue weighted by Gasteiger charge is -1.92. The number of hydrogen-bond acceptors (Lipinski definition) is 2. The highest BCUT2D eigenvalue weighted by molar-refractivity contribution is 6.04. The standard InChI is InChI=1S/C16H18O2/c1-2-3-11-15(17)12-7-8-13-16(18)14-9-5-4-6-10-14/h4-10,12-13H,2-3,11H2,1H3/b12-7+,13-8+. The first-order chi connectivity index (χ1) is 8.74. The van der Waals surface area contributed by atoms with Crippen LogP contribution in [0.4, 0.5) is 0 Å². The van der Waals surface area contributed by atoms with E-state index < -0.39 is 0 Å². The number of carbonyl (C=O) groups excluding carboxylic acids is 2. The van der Waals surface area contributed by atoms with Crippen molar-refractivity contribution in [1.29, 1.82) is 0 Å². The van der Waals surface area contributed by atoms with Gasteiger partial charge in [-0.2, -0.15) is 0 Å². The Labute approximate surface area is 108 Å². The van der Waals surface area contributed by atoms with Crippen LogP contribution < -0.4 is 0 Å². The predicted octanol–water partition coefficient (Wildman–Crippen LogP) is 3.74. The van der Waals surface area contributed by atoms with Crippen molar-refractivity contribution in [1.82, 2.24) is 0 Å². The first-order valence-corrected chi connectivity index (χ1v) is 6.21. The van der Waals surface area contributed by atoms with Gasteiger partial charge < -0.3 is 0 Å². The summed E-state index contributed by atoms with van der Waals surface area (Å²) in [5.41, 5.74) is 0.652. The van der Waals surface area contributed by atoms with Crippen LogP contribution in [0.2, 0.25) is 0 Å². The van der Waals surface area contributed by atoms with Gasteiger partial charge in [-0.3, -0.25) is 9.59 Å². The highest BCUT2D eigenvalue weighted by Crippen LogP contribution is 2.01. The molecule has 18 heavy (non-hydrogen) atoms. The molecule has 0 bridgehead atoms. The van der Waals surface area contributed by atoms with E-state index in [9.17, 15) is 9.59 Å². The highest BCUT2D eigenvalue weighted by Gasteiger charge is 1.98. The largest absolute Gasteiger partial charge is 0.295 e. The molecule has 0 aliphatic rings. The van der Waals surface area contributed by atoms with E-state index in [1.165, 1.54) is 12.2 Å². The monoisotopic (exact) mass is 242 g/mol. The van der Waals surface area contributed by atoms with E-state index in [0.29, 0.717) is 12.0 Å². The Morgan fingerprint density at radius 3 is 2.39 bits per heavy atom. The van der Waals surface area contributed by atoms with E-state index in [2.05, 4.69) is 6.92 Å². The Hall–Kier alpha value is -1.96. The molecular weight excluding hydrogens is 224 g/mol. The molecule has 2 heteroatoms. The second kappa shape index (κ2) is 8.18. The molecule has 0 aliphatic carbocycles. The molecule has 0 aromatic heterocycles. The van der Waals surface area contributed by atoms with Crippen LogP contribution in [-0.2, 0) is 4.79 Å². The van der Waals surface area contributed by atoms with E-state index in [1.807, 2.05) is 18.2 Å². The third-order valence-electron chi connectivity index (χ3n) is 2.48. The van der Waals surface area contributed by atoms with Crippen LogP contribution >= 0.6 is 0 Å². The lowest BCUT2D eigenvalue weighted by Crippen LogP contribution is -1.93. The number of allylic oxidation sites excluding steroid dienone is 4. The van der Waals surface area contributed by atoms with Crippen molar-refractivity contribution < 1.29 is 9.59 Å². The molecule has 1 rings (SSSR count). The van der Waals surface area contributed by atoms with Crippen molar-refractivity contribution in [3.8, 4) is 0 Å². The minimum Gasteiger partial charge on any atom is -0.295 e. The zero-order valence-electron chi connectivity index (χ0n) is 10.6. The fourth-order valence-electron chi connectivity index (χ4n) is 1.44. The fraction of sp³-hybridized carbons (Fsp3) is 0.250. The molecule has 0 saturated carbocycles. The summed E-state index contributed by atoms with van der Waals surface area (Å²) in [6.45, 7) is 2.05. The summed E-state index contributed by atoms with van der Waals surface area (Å²) in [6, 6.07) is 9.05. The maximum atomic E-state index is 11.7. The topological polar surface area (TPSA) is 34.1 Å². The van der Waals surface area contributed by atoms with Crippen molar-refractivity contribution >= 4 is 11.6 Å². The average Bonchev–Trinajstić information content (AvgIpc) is 2.42. The summed E-state index contributed by atoms with van der Waals surface area (Å²) in [4.78, 5) is 23.0. The van der Waals surface area contributed by atoms with Crippen LogP contribution in [0.3, 0.4) is 0 Å². The Balaban J connectivity index is 2.43. The zero-order valence-corrected chi connectivity index (χ0v) is 10.6. The Morgan fingerprint density at radius 1 is 1.06 bits per heavy atom. The van der Waals surface area contributed by atoms with Crippen LogP contribution in [0, 0.1) is 0 Å². The molecule has 0 unspecified atom stereocenters. The van der Waals surface area contributed by atoms with Gasteiger partial charge in [-0.05, 0) is 18.6 Å². The minimum absolute atomic E-state index is 0.0544.